The Labute approximate surface area is 637 Å². The van der Waals surface area contributed by atoms with Crippen LogP contribution in [-0.2, 0) is 32.7 Å². The van der Waals surface area contributed by atoms with Crippen molar-refractivity contribution in [3.63, 3.8) is 0 Å². The van der Waals surface area contributed by atoms with Crippen molar-refractivity contribution in [1.82, 2.24) is 0 Å². The lowest BCUT2D eigenvalue weighted by atomic mass is 10.0. The molecule has 9 nitrogen and oxygen atoms in total. The molecule has 0 aliphatic heterocycles. The van der Waals surface area contributed by atoms with E-state index < -0.39 is 26.5 Å². The van der Waals surface area contributed by atoms with Gasteiger partial charge in [-0.15, -0.1) is 0 Å². The van der Waals surface area contributed by atoms with Crippen molar-refractivity contribution in [2.24, 2.45) is 0 Å². The summed E-state index contributed by atoms with van der Waals surface area (Å²) in [4.78, 5) is 38.3. The first-order chi connectivity index (χ1) is 50.0. The summed E-state index contributed by atoms with van der Waals surface area (Å²) in [5.74, 6) is -0.802. The molecule has 0 heterocycles. The number of ether oxygens (including phenoxy) is 2. The largest absolute Gasteiger partial charge is 0.756 e. The van der Waals surface area contributed by atoms with Gasteiger partial charge in [0.05, 0.1) is 27.7 Å². The maximum Gasteiger partial charge on any atom is 0.306 e. The van der Waals surface area contributed by atoms with E-state index in [1.165, 1.54) is 411 Å². The number of esters is 2. The number of carbonyl (C=O) groups is 2. The Morgan fingerprint density at radius 1 is 0.304 bits per heavy atom. The molecule has 0 bridgehead atoms. The van der Waals surface area contributed by atoms with Gasteiger partial charge < -0.3 is 27.9 Å². The van der Waals surface area contributed by atoms with Crippen LogP contribution in [0.3, 0.4) is 0 Å². The Bertz CT molecular complexity index is 1810. The summed E-state index contributed by atoms with van der Waals surface area (Å²) in [5, 5.41) is 0. The third kappa shape index (κ3) is 87.1. The molecular formula is C92H178NO8P. The molecule has 0 rings (SSSR count). The molecule has 10 heteroatoms. The molecule has 0 radical (unpaired) electrons. The van der Waals surface area contributed by atoms with Crippen LogP contribution in [0.2, 0.25) is 0 Å². The van der Waals surface area contributed by atoms with Gasteiger partial charge in [-0.25, -0.2) is 0 Å². The van der Waals surface area contributed by atoms with Gasteiger partial charge in [0, 0.05) is 12.8 Å². The van der Waals surface area contributed by atoms with Crippen LogP contribution in [0, 0.1) is 0 Å². The lowest BCUT2D eigenvalue weighted by molar-refractivity contribution is -0.870. The van der Waals surface area contributed by atoms with E-state index in [0.717, 1.165) is 44.9 Å². The number of unbranched alkanes of at least 4 members (excludes halogenated alkanes) is 67. The second-order valence-electron chi connectivity index (χ2n) is 32.7. The first-order valence-corrected chi connectivity index (χ1v) is 47.2. The van der Waals surface area contributed by atoms with E-state index >= 15 is 0 Å². The summed E-state index contributed by atoms with van der Waals surface area (Å²) in [6.45, 7) is 4.33. The van der Waals surface area contributed by atoms with Crippen LogP contribution in [-0.4, -0.2) is 70.0 Å². The number of allylic oxidation sites excluding steroid dienone is 6. The number of carbonyl (C=O) groups excluding carboxylic acids is 2. The van der Waals surface area contributed by atoms with Crippen molar-refractivity contribution >= 4 is 19.8 Å². The van der Waals surface area contributed by atoms with E-state index in [9.17, 15) is 19.0 Å². The summed E-state index contributed by atoms with van der Waals surface area (Å²) in [6, 6.07) is 0. The molecule has 0 aromatic carbocycles. The maximum atomic E-state index is 12.9. The third-order valence-corrected chi connectivity index (χ3v) is 22.1. The van der Waals surface area contributed by atoms with Crippen molar-refractivity contribution in [3.05, 3.63) is 36.5 Å². The zero-order chi connectivity index (χ0) is 74.0. The lowest BCUT2D eigenvalue weighted by Crippen LogP contribution is -2.37. The van der Waals surface area contributed by atoms with Gasteiger partial charge in [-0.2, -0.15) is 0 Å². The Balaban J connectivity index is 3.83. The molecule has 0 aromatic rings. The van der Waals surface area contributed by atoms with Gasteiger partial charge in [0.1, 0.15) is 19.8 Å². The first-order valence-electron chi connectivity index (χ1n) is 45.7. The second-order valence-corrected chi connectivity index (χ2v) is 34.1. The molecular weight excluding hydrogens is 1280 g/mol. The van der Waals surface area contributed by atoms with Crippen LogP contribution >= 0.6 is 7.82 Å². The van der Waals surface area contributed by atoms with Crippen molar-refractivity contribution in [1.29, 1.82) is 0 Å². The summed E-state index contributed by atoms with van der Waals surface area (Å²) in [7, 11) is 1.20. The van der Waals surface area contributed by atoms with Crippen molar-refractivity contribution in [2.45, 2.75) is 495 Å². The highest BCUT2D eigenvalue weighted by Gasteiger charge is 2.22. The van der Waals surface area contributed by atoms with Gasteiger partial charge in [-0.1, -0.05) is 461 Å². The van der Waals surface area contributed by atoms with Gasteiger partial charge in [-0.05, 0) is 51.4 Å². The molecule has 2 unspecified atom stereocenters. The molecule has 604 valence electrons. The normalized spacial score (nSPS) is 13.0. The molecule has 0 aliphatic rings. The fourth-order valence-corrected chi connectivity index (χ4v) is 14.9. The van der Waals surface area contributed by atoms with Gasteiger partial charge in [0.25, 0.3) is 7.82 Å². The number of phosphoric ester groups is 1. The maximum absolute atomic E-state index is 12.9. The van der Waals surface area contributed by atoms with Gasteiger partial charge in [0.2, 0.25) is 0 Å². The molecule has 0 saturated carbocycles. The van der Waals surface area contributed by atoms with Crippen LogP contribution in [0.4, 0.5) is 0 Å². The van der Waals surface area contributed by atoms with Gasteiger partial charge >= 0.3 is 11.9 Å². The number of phosphoric acid groups is 1. The Morgan fingerprint density at radius 3 is 0.784 bits per heavy atom. The molecule has 0 N–H and O–H groups in total. The van der Waals surface area contributed by atoms with Gasteiger partial charge in [-0.3, -0.25) is 14.2 Å². The quantitative estimate of drug-likeness (QED) is 0.0195. The van der Waals surface area contributed by atoms with Crippen LogP contribution in [0.15, 0.2) is 36.5 Å². The zero-order valence-electron chi connectivity index (χ0n) is 69.4. The smallest absolute Gasteiger partial charge is 0.306 e. The minimum atomic E-state index is -4.64. The molecule has 0 amide bonds. The molecule has 0 fully saturated rings. The molecule has 0 spiro atoms. The standard InChI is InChI=1S/C92H178NO8P/c1-6-8-10-12-14-16-18-20-22-24-26-28-30-32-34-36-38-40-42-44-45-46-47-49-51-53-55-57-59-61-63-65-67-69-71-73-75-77-79-81-83-85-92(95)101-90(89-100-102(96,97)99-87-86-93(3,4)5)88-98-91(94)84-82-80-78-76-74-72-70-68-66-64-62-60-58-56-54-52-50-48-43-41-39-37-35-33-31-29-27-25-23-21-19-17-15-13-11-9-7-2/h18,20,24,26,30,32,90H,6-17,19,21-23,25,27-29,31,33-89H2,1-5H3/b20-18-,26-24-,32-30-. The fourth-order valence-electron chi connectivity index (χ4n) is 14.2. The third-order valence-electron chi connectivity index (χ3n) is 21.2. The van der Waals surface area contributed by atoms with E-state index in [1.54, 1.807) is 0 Å². The van der Waals surface area contributed by atoms with E-state index in [2.05, 4.69) is 50.3 Å². The molecule has 102 heavy (non-hydrogen) atoms. The average Bonchev–Trinajstić information content (AvgIpc) is 0.916. The zero-order valence-corrected chi connectivity index (χ0v) is 70.3. The average molecular weight is 1460 g/mol. The number of nitrogens with zero attached hydrogens (tertiary/aromatic N) is 1. The molecule has 2 atom stereocenters. The number of likely N-dealkylation sites (N-methyl/N-ethyl adjacent to an activating group) is 1. The van der Waals surface area contributed by atoms with Crippen LogP contribution < -0.4 is 4.89 Å². The predicted molar refractivity (Wildman–Crippen MR) is 444 cm³/mol. The monoisotopic (exact) mass is 1460 g/mol. The lowest BCUT2D eigenvalue weighted by Gasteiger charge is -2.28. The fraction of sp³-hybridized carbons (Fsp3) is 0.913. The summed E-state index contributed by atoms with van der Waals surface area (Å²) in [6.07, 6.45) is 110. The minimum absolute atomic E-state index is 0.0263. The molecule has 0 aliphatic carbocycles. The highest BCUT2D eigenvalue weighted by Crippen LogP contribution is 2.38. The Kier molecular flexibility index (Phi) is 81.8. The summed E-state index contributed by atoms with van der Waals surface area (Å²) >= 11 is 0. The van der Waals surface area contributed by atoms with Gasteiger partial charge in [0.15, 0.2) is 6.10 Å². The topological polar surface area (TPSA) is 111 Å². The number of hydrogen-bond donors (Lipinski definition) is 0. The van der Waals surface area contributed by atoms with E-state index in [-0.39, 0.29) is 32.0 Å². The number of quaternary nitrogens is 1. The molecule has 0 saturated heterocycles. The van der Waals surface area contributed by atoms with Crippen LogP contribution in [0.1, 0.15) is 489 Å². The van der Waals surface area contributed by atoms with Crippen LogP contribution in [0.25, 0.3) is 0 Å². The van der Waals surface area contributed by atoms with E-state index in [4.69, 9.17) is 18.5 Å². The number of hydrogen-bond acceptors (Lipinski definition) is 8. The summed E-state index contributed by atoms with van der Waals surface area (Å²) < 4.78 is 34.5. The number of rotatable bonds is 87. The van der Waals surface area contributed by atoms with E-state index in [1.807, 2.05) is 21.1 Å². The van der Waals surface area contributed by atoms with Crippen LogP contribution in [0.5, 0.6) is 0 Å². The Hall–Kier alpha value is -1.77. The van der Waals surface area contributed by atoms with Crippen molar-refractivity contribution in [2.75, 3.05) is 47.5 Å². The highest BCUT2D eigenvalue weighted by atomic mass is 31.2. The first kappa shape index (κ1) is 100. The SMILES string of the molecule is CCCCCCC/C=C\C/C=C\C/C=C\CCCCCCCCCCCCCCCCCCCCCCCCCCCCC(=O)OC(COC(=O)CCCCCCCCCCCCCCCCCCCCCCCCCCCCCCCCCCCCCCC)COP(=O)([O-])OCC[N+](C)(C)C. The minimum Gasteiger partial charge on any atom is -0.756 e. The second kappa shape index (κ2) is 83.3. The highest BCUT2D eigenvalue weighted by molar-refractivity contribution is 7.45. The summed E-state index contributed by atoms with van der Waals surface area (Å²) in [5.41, 5.74) is 0. The predicted octanol–water partition coefficient (Wildman–Crippen LogP) is 30.2. The Morgan fingerprint density at radius 2 is 0.529 bits per heavy atom. The van der Waals surface area contributed by atoms with E-state index in [0.29, 0.717) is 17.4 Å². The van der Waals surface area contributed by atoms with Crippen molar-refractivity contribution in [3.8, 4) is 0 Å². The molecule has 0 aromatic heterocycles. The van der Waals surface area contributed by atoms with Crippen molar-refractivity contribution < 1.29 is 42.1 Å².